The number of esters is 1. The van der Waals surface area contributed by atoms with Gasteiger partial charge in [-0.05, 0) is 35.8 Å². The highest BCUT2D eigenvalue weighted by molar-refractivity contribution is 5.94. The SMILES string of the molecule is C=C(c1cc(C)c(N)c(C=N)c1)[C@@H](N)C(=O)OC. The molecule has 0 spiro atoms. The first-order chi connectivity index (χ1) is 8.42. The van der Waals surface area contributed by atoms with Gasteiger partial charge in [0, 0.05) is 17.5 Å². The fourth-order valence-electron chi connectivity index (χ4n) is 1.58. The number of aryl methyl sites for hydroxylation is 1. The summed E-state index contributed by atoms with van der Waals surface area (Å²) >= 11 is 0. The number of hydrogen-bond donors (Lipinski definition) is 3. The number of nitrogens with one attached hydrogen (secondary N) is 1. The number of rotatable bonds is 4. The molecule has 0 aliphatic rings. The Hall–Kier alpha value is -2.14. The lowest BCUT2D eigenvalue weighted by molar-refractivity contribution is -0.140. The molecule has 0 aliphatic heterocycles. The normalized spacial score (nSPS) is 11.7. The van der Waals surface area contributed by atoms with Crippen LogP contribution >= 0.6 is 0 Å². The van der Waals surface area contributed by atoms with Gasteiger partial charge >= 0.3 is 5.97 Å². The fourth-order valence-corrected chi connectivity index (χ4v) is 1.58. The second-order valence-corrected chi connectivity index (χ2v) is 3.97. The topological polar surface area (TPSA) is 102 Å². The predicted octanol–water partition coefficient (Wildman–Crippen LogP) is 1.09. The van der Waals surface area contributed by atoms with Gasteiger partial charge in [-0.1, -0.05) is 6.58 Å². The van der Waals surface area contributed by atoms with Crippen LogP contribution in [0.15, 0.2) is 18.7 Å². The molecule has 5 N–H and O–H groups in total. The van der Waals surface area contributed by atoms with Gasteiger partial charge in [-0.3, -0.25) is 4.79 Å². The second-order valence-electron chi connectivity index (χ2n) is 3.97. The van der Waals surface area contributed by atoms with E-state index in [9.17, 15) is 4.79 Å². The van der Waals surface area contributed by atoms with Crippen LogP contribution < -0.4 is 11.5 Å². The number of anilines is 1. The van der Waals surface area contributed by atoms with Crippen molar-refractivity contribution in [1.82, 2.24) is 0 Å². The standard InChI is InChI=1S/C13H17N3O2/c1-7-4-9(5-10(6-14)11(7)15)8(2)12(16)13(17)18-3/h4-6,12,14H,2,15-16H2,1,3H3/t12-/m1/s1. The summed E-state index contributed by atoms with van der Waals surface area (Å²) in [4.78, 5) is 11.4. The van der Waals surface area contributed by atoms with Crippen LogP contribution in [0.1, 0.15) is 16.7 Å². The van der Waals surface area contributed by atoms with Crippen molar-refractivity contribution in [2.45, 2.75) is 13.0 Å². The van der Waals surface area contributed by atoms with Gasteiger partial charge in [0.25, 0.3) is 0 Å². The number of nitrogens with two attached hydrogens (primary N) is 2. The maximum atomic E-state index is 11.4. The van der Waals surface area contributed by atoms with Gasteiger partial charge in [0.1, 0.15) is 6.04 Å². The highest BCUT2D eigenvalue weighted by atomic mass is 16.5. The molecular formula is C13H17N3O2. The summed E-state index contributed by atoms with van der Waals surface area (Å²) in [7, 11) is 1.27. The summed E-state index contributed by atoms with van der Waals surface area (Å²) in [6.07, 6.45) is 1.16. The molecule has 0 radical (unpaired) electrons. The largest absolute Gasteiger partial charge is 0.468 e. The smallest absolute Gasteiger partial charge is 0.327 e. The Kier molecular flexibility index (Phi) is 4.23. The van der Waals surface area contributed by atoms with Crippen LogP contribution in [-0.2, 0) is 9.53 Å². The predicted molar refractivity (Wildman–Crippen MR) is 72.5 cm³/mol. The molecule has 0 saturated carbocycles. The van der Waals surface area contributed by atoms with E-state index in [-0.39, 0.29) is 0 Å². The van der Waals surface area contributed by atoms with Crippen LogP contribution in [0, 0.1) is 12.3 Å². The molecule has 96 valence electrons. The maximum Gasteiger partial charge on any atom is 0.327 e. The molecule has 0 saturated heterocycles. The van der Waals surface area contributed by atoms with Gasteiger partial charge < -0.3 is 21.6 Å². The lowest BCUT2D eigenvalue weighted by Gasteiger charge is -2.15. The first-order valence-electron chi connectivity index (χ1n) is 5.35. The Morgan fingerprint density at radius 3 is 2.67 bits per heavy atom. The van der Waals surface area contributed by atoms with Gasteiger partial charge in [0.2, 0.25) is 0 Å². The molecule has 0 fully saturated rings. The number of benzene rings is 1. The van der Waals surface area contributed by atoms with E-state index in [0.717, 1.165) is 11.8 Å². The summed E-state index contributed by atoms with van der Waals surface area (Å²) in [6, 6.07) is 2.55. The summed E-state index contributed by atoms with van der Waals surface area (Å²) in [5, 5.41) is 7.29. The molecule has 0 unspecified atom stereocenters. The molecule has 0 aliphatic carbocycles. The molecular weight excluding hydrogens is 230 g/mol. The molecule has 1 rings (SSSR count). The molecule has 0 heterocycles. The van der Waals surface area contributed by atoms with Gasteiger partial charge in [0.15, 0.2) is 0 Å². The summed E-state index contributed by atoms with van der Waals surface area (Å²) in [6.45, 7) is 5.62. The van der Waals surface area contributed by atoms with Crippen molar-refractivity contribution in [3.63, 3.8) is 0 Å². The van der Waals surface area contributed by atoms with Crippen molar-refractivity contribution < 1.29 is 9.53 Å². The van der Waals surface area contributed by atoms with E-state index < -0.39 is 12.0 Å². The number of nitrogen functional groups attached to an aromatic ring is 1. The van der Waals surface area contributed by atoms with Gasteiger partial charge in [-0.2, -0.15) is 0 Å². The van der Waals surface area contributed by atoms with Crippen LogP contribution in [0.2, 0.25) is 0 Å². The van der Waals surface area contributed by atoms with Crippen molar-refractivity contribution in [1.29, 1.82) is 5.41 Å². The van der Waals surface area contributed by atoms with Crippen molar-refractivity contribution in [2.75, 3.05) is 12.8 Å². The van der Waals surface area contributed by atoms with Crippen LogP contribution in [-0.4, -0.2) is 25.3 Å². The molecule has 1 aromatic carbocycles. The van der Waals surface area contributed by atoms with E-state index in [1.54, 1.807) is 12.1 Å². The minimum Gasteiger partial charge on any atom is -0.468 e. The number of hydrogen-bond acceptors (Lipinski definition) is 5. The Labute approximate surface area is 106 Å². The highest BCUT2D eigenvalue weighted by Gasteiger charge is 2.19. The first kappa shape index (κ1) is 13.9. The fraction of sp³-hybridized carbons (Fsp3) is 0.231. The first-order valence-corrected chi connectivity index (χ1v) is 5.35. The van der Waals surface area contributed by atoms with Gasteiger partial charge in [0.05, 0.1) is 7.11 Å². The average Bonchev–Trinajstić information content (AvgIpc) is 2.38. The summed E-state index contributed by atoms with van der Waals surface area (Å²) < 4.78 is 4.57. The zero-order chi connectivity index (χ0) is 13.9. The van der Waals surface area contributed by atoms with Crippen LogP contribution in [0.4, 0.5) is 5.69 Å². The summed E-state index contributed by atoms with van der Waals surface area (Å²) in [5.41, 5.74) is 14.6. The minimum absolute atomic E-state index is 0.438. The van der Waals surface area contributed by atoms with Crippen molar-refractivity contribution in [3.05, 3.63) is 35.4 Å². The Morgan fingerprint density at radius 2 is 2.17 bits per heavy atom. The molecule has 1 atom stereocenters. The maximum absolute atomic E-state index is 11.4. The van der Waals surface area contributed by atoms with Crippen LogP contribution in [0.5, 0.6) is 0 Å². The minimum atomic E-state index is -0.920. The van der Waals surface area contributed by atoms with Gasteiger partial charge in [-0.25, -0.2) is 0 Å². The molecule has 5 nitrogen and oxygen atoms in total. The molecule has 0 amide bonds. The number of carbonyl (C=O) groups is 1. The van der Waals surface area contributed by atoms with E-state index in [0.29, 0.717) is 22.4 Å². The highest BCUT2D eigenvalue weighted by Crippen LogP contribution is 2.24. The zero-order valence-electron chi connectivity index (χ0n) is 10.5. The molecule has 0 bridgehead atoms. The number of carbonyl (C=O) groups excluding carboxylic acids is 1. The van der Waals surface area contributed by atoms with E-state index in [1.165, 1.54) is 7.11 Å². The lowest BCUT2D eigenvalue weighted by Crippen LogP contribution is -2.32. The Bertz CT molecular complexity index is 509. The molecule has 5 heteroatoms. The monoisotopic (exact) mass is 247 g/mol. The van der Waals surface area contributed by atoms with Crippen molar-refractivity contribution >= 4 is 23.4 Å². The Balaban J connectivity index is 3.18. The van der Waals surface area contributed by atoms with E-state index >= 15 is 0 Å². The van der Waals surface area contributed by atoms with Crippen LogP contribution in [0.25, 0.3) is 5.57 Å². The summed E-state index contributed by atoms with van der Waals surface area (Å²) in [5.74, 6) is -0.550. The quantitative estimate of drug-likeness (QED) is 0.421. The average molecular weight is 247 g/mol. The zero-order valence-corrected chi connectivity index (χ0v) is 10.5. The molecule has 0 aromatic heterocycles. The lowest BCUT2D eigenvalue weighted by atomic mass is 9.96. The third-order valence-electron chi connectivity index (χ3n) is 2.78. The number of methoxy groups -OCH3 is 1. The van der Waals surface area contributed by atoms with E-state index in [4.69, 9.17) is 16.9 Å². The van der Waals surface area contributed by atoms with E-state index in [2.05, 4.69) is 11.3 Å². The van der Waals surface area contributed by atoms with Crippen molar-refractivity contribution in [3.8, 4) is 0 Å². The third kappa shape index (κ3) is 2.57. The van der Waals surface area contributed by atoms with E-state index in [1.807, 2.05) is 6.92 Å². The van der Waals surface area contributed by atoms with Crippen LogP contribution in [0.3, 0.4) is 0 Å². The molecule has 18 heavy (non-hydrogen) atoms. The Morgan fingerprint density at radius 1 is 1.56 bits per heavy atom. The van der Waals surface area contributed by atoms with Gasteiger partial charge in [-0.15, -0.1) is 0 Å². The second kappa shape index (κ2) is 5.46. The molecule has 1 aromatic rings. The van der Waals surface area contributed by atoms with Crippen molar-refractivity contribution in [2.24, 2.45) is 5.73 Å². The number of ether oxygens (including phenoxy) is 1. The third-order valence-corrected chi connectivity index (χ3v) is 2.78.